The topological polar surface area (TPSA) is 72.5 Å². The van der Waals surface area contributed by atoms with Crippen LogP contribution in [0.4, 0.5) is 0 Å². The number of hydrogen-bond donors (Lipinski definition) is 1. The Morgan fingerprint density at radius 1 is 1.04 bits per heavy atom. The summed E-state index contributed by atoms with van der Waals surface area (Å²) in [7, 11) is -2.26. The molecule has 0 fully saturated rings. The van der Waals surface area contributed by atoms with Crippen LogP contribution in [0.2, 0.25) is 0 Å². The van der Waals surface area contributed by atoms with Gasteiger partial charge in [0.1, 0.15) is 10.8 Å². The lowest BCUT2D eigenvalue weighted by Crippen LogP contribution is -2.19. The highest BCUT2D eigenvalue weighted by Crippen LogP contribution is 2.21. The van der Waals surface area contributed by atoms with E-state index in [-0.39, 0.29) is 9.92 Å². The summed E-state index contributed by atoms with van der Waals surface area (Å²) in [5.74, 6) is 0.661. The number of benzene rings is 2. The summed E-state index contributed by atoms with van der Waals surface area (Å²) < 4.78 is 30.4. The second-order valence-corrected chi connectivity index (χ2v) is 6.78. The van der Waals surface area contributed by atoms with Gasteiger partial charge in [-0.25, -0.2) is 8.42 Å². The fraction of sp³-hybridized carbons (Fsp3) is 0.118. The molecule has 120 valence electrons. The Morgan fingerprint density at radius 2 is 1.65 bits per heavy atom. The molecule has 0 radical (unpaired) electrons. The molecule has 0 aromatic heterocycles. The molecule has 0 atom stereocenters. The molecule has 0 heterocycles. The third kappa shape index (κ3) is 3.98. The maximum atomic E-state index is 12.6. The van der Waals surface area contributed by atoms with Crippen LogP contribution < -0.4 is 10.1 Å². The van der Waals surface area contributed by atoms with E-state index in [1.165, 1.54) is 18.2 Å². The molecule has 0 aliphatic rings. The summed E-state index contributed by atoms with van der Waals surface area (Å²) in [6.07, 6.45) is 1.75. The molecule has 2 aromatic rings. The van der Waals surface area contributed by atoms with Gasteiger partial charge in [0.2, 0.25) is 16.2 Å². The van der Waals surface area contributed by atoms with Crippen LogP contribution in [-0.4, -0.2) is 21.9 Å². The van der Waals surface area contributed by atoms with Crippen LogP contribution in [0.25, 0.3) is 6.08 Å². The molecule has 1 N–H and O–H groups in total. The van der Waals surface area contributed by atoms with E-state index in [0.717, 1.165) is 5.56 Å². The summed E-state index contributed by atoms with van der Waals surface area (Å²) in [6.45, 7) is 1.87. The lowest BCUT2D eigenvalue weighted by molar-refractivity contribution is -0.108. The van der Waals surface area contributed by atoms with Crippen molar-refractivity contribution in [2.75, 3.05) is 7.11 Å². The molecular formula is C17H17NO4S. The van der Waals surface area contributed by atoms with Crippen LogP contribution in [0, 0.1) is 6.92 Å². The zero-order valence-corrected chi connectivity index (χ0v) is 13.6. The van der Waals surface area contributed by atoms with Crippen molar-refractivity contribution in [3.8, 4) is 5.75 Å². The number of sulfone groups is 1. The highest BCUT2D eigenvalue weighted by atomic mass is 32.2. The maximum absolute atomic E-state index is 12.6. The van der Waals surface area contributed by atoms with E-state index in [1.807, 2.05) is 6.92 Å². The van der Waals surface area contributed by atoms with Crippen molar-refractivity contribution in [3.05, 3.63) is 64.7 Å². The highest BCUT2D eigenvalue weighted by Gasteiger charge is 2.20. The lowest BCUT2D eigenvalue weighted by Gasteiger charge is -2.09. The van der Waals surface area contributed by atoms with Crippen LogP contribution >= 0.6 is 0 Å². The largest absolute Gasteiger partial charge is 0.497 e. The second-order valence-electron chi connectivity index (χ2n) is 4.86. The normalized spacial score (nSPS) is 11.8. The van der Waals surface area contributed by atoms with Gasteiger partial charge in [-0.05, 0) is 42.8 Å². The Bertz CT molecular complexity index is 807. The van der Waals surface area contributed by atoms with Gasteiger partial charge in [0.15, 0.2) is 0 Å². The summed E-state index contributed by atoms with van der Waals surface area (Å²) in [6, 6.07) is 13.3. The Balaban J connectivity index is 2.45. The first-order valence-electron chi connectivity index (χ1n) is 6.85. The quantitative estimate of drug-likeness (QED) is 0.826. The second kappa shape index (κ2) is 7.11. The highest BCUT2D eigenvalue weighted by molar-refractivity contribution is 7.95. The smallest absolute Gasteiger partial charge is 0.221 e. The minimum absolute atomic E-state index is 0.122. The van der Waals surface area contributed by atoms with Crippen LogP contribution in [0.1, 0.15) is 11.1 Å². The van der Waals surface area contributed by atoms with E-state index >= 15 is 0 Å². The molecule has 0 aliphatic heterocycles. The average molecular weight is 331 g/mol. The minimum Gasteiger partial charge on any atom is -0.497 e. The number of methoxy groups -OCH3 is 1. The predicted octanol–water partition coefficient (Wildman–Crippen LogP) is 2.52. The van der Waals surface area contributed by atoms with Crippen molar-refractivity contribution >= 4 is 22.3 Å². The van der Waals surface area contributed by atoms with Crippen molar-refractivity contribution in [2.45, 2.75) is 11.8 Å². The third-order valence-corrected chi connectivity index (χ3v) is 4.94. The van der Waals surface area contributed by atoms with E-state index in [4.69, 9.17) is 4.74 Å². The first-order chi connectivity index (χ1) is 11.0. The lowest BCUT2D eigenvalue weighted by atomic mass is 10.2. The van der Waals surface area contributed by atoms with Gasteiger partial charge < -0.3 is 10.1 Å². The number of carbonyl (C=O) groups is 1. The average Bonchev–Trinajstić information content (AvgIpc) is 2.55. The molecule has 0 saturated carbocycles. The monoisotopic (exact) mass is 331 g/mol. The summed E-state index contributed by atoms with van der Waals surface area (Å²) in [5, 5.41) is 2.10. The standard InChI is InChI=1S/C17H17NO4S/c1-13-3-9-16(10-4-13)23(20,21)17(18-12-19)11-14-5-7-15(22-2)8-6-14/h3-12H,1-2H3,(H,18,19). The van der Waals surface area contributed by atoms with Crippen LogP contribution in [0.5, 0.6) is 5.75 Å². The van der Waals surface area contributed by atoms with Gasteiger partial charge in [0, 0.05) is 0 Å². The molecule has 2 rings (SSSR count). The number of aryl methyl sites for hydroxylation is 1. The Hall–Kier alpha value is -2.60. The Kier molecular flexibility index (Phi) is 5.18. The Morgan fingerprint density at radius 3 is 2.17 bits per heavy atom. The van der Waals surface area contributed by atoms with Gasteiger partial charge >= 0.3 is 0 Å². The number of carbonyl (C=O) groups excluding carboxylic acids is 1. The van der Waals surface area contributed by atoms with Crippen LogP contribution in [0.3, 0.4) is 0 Å². The van der Waals surface area contributed by atoms with Crippen molar-refractivity contribution in [1.82, 2.24) is 5.32 Å². The maximum Gasteiger partial charge on any atom is 0.221 e. The van der Waals surface area contributed by atoms with Crippen molar-refractivity contribution in [3.63, 3.8) is 0 Å². The number of rotatable bonds is 6. The molecule has 0 spiro atoms. The van der Waals surface area contributed by atoms with Gasteiger partial charge in [-0.15, -0.1) is 0 Å². The zero-order valence-electron chi connectivity index (χ0n) is 12.8. The number of nitrogens with one attached hydrogen (secondary N) is 1. The molecule has 0 saturated heterocycles. The zero-order chi connectivity index (χ0) is 16.9. The minimum atomic E-state index is -3.81. The first-order valence-corrected chi connectivity index (χ1v) is 8.33. The SMILES string of the molecule is COc1ccc(C=C(NC=O)S(=O)(=O)c2ccc(C)cc2)cc1. The van der Waals surface area contributed by atoms with E-state index in [9.17, 15) is 13.2 Å². The van der Waals surface area contributed by atoms with Gasteiger partial charge in [0.25, 0.3) is 0 Å². The van der Waals surface area contributed by atoms with Crippen molar-refractivity contribution in [1.29, 1.82) is 0 Å². The van der Waals surface area contributed by atoms with E-state index < -0.39 is 9.84 Å². The van der Waals surface area contributed by atoms with Gasteiger partial charge in [-0.3, -0.25) is 4.79 Å². The molecule has 6 heteroatoms. The number of ether oxygens (including phenoxy) is 1. The number of amides is 1. The van der Waals surface area contributed by atoms with E-state index in [1.54, 1.807) is 43.5 Å². The molecule has 0 unspecified atom stereocenters. The Labute approximate surface area is 135 Å². The van der Waals surface area contributed by atoms with Crippen LogP contribution in [-0.2, 0) is 14.6 Å². The molecule has 5 nitrogen and oxygen atoms in total. The molecule has 0 aliphatic carbocycles. The molecular weight excluding hydrogens is 314 g/mol. The fourth-order valence-corrected chi connectivity index (χ4v) is 3.19. The summed E-state index contributed by atoms with van der Waals surface area (Å²) in [5.41, 5.74) is 1.58. The molecule has 0 bridgehead atoms. The summed E-state index contributed by atoms with van der Waals surface area (Å²) >= 11 is 0. The summed E-state index contributed by atoms with van der Waals surface area (Å²) in [4.78, 5) is 10.9. The predicted molar refractivity (Wildman–Crippen MR) is 88.5 cm³/mol. The van der Waals surface area contributed by atoms with Crippen molar-refractivity contribution in [2.24, 2.45) is 0 Å². The van der Waals surface area contributed by atoms with Crippen molar-refractivity contribution < 1.29 is 17.9 Å². The molecule has 1 amide bonds. The van der Waals surface area contributed by atoms with E-state index in [2.05, 4.69) is 5.32 Å². The van der Waals surface area contributed by atoms with E-state index in [0.29, 0.717) is 17.7 Å². The molecule has 23 heavy (non-hydrogen) atoms. The van der Waals surface area contributed by atoms with Gasteiger partial charge in [-0.1, -0.05) is 29.8 Å². The number of hydrogen-bond acceptors (Lipinski definition) is 4. The van der Waals surface area contributed by atoms with Crippen LogP contribution in [0.15, 0.2) is 58.5 Å². The molecule has 2 aromatic carbocycles. The fourth-order valence-electron chi connectivity index (χ4n) is 1.95. The van der Waals surface area contributed by atoms with Gasteiger partial charge in [0.05, 0.1) is 12.0 Å². The van der Waals surface area contributed by atoms with Gasteiger partial charge in [-0.2, -0.15) is 0 Å². The first kappa shape index (κ1) is 16.8. The third-order valence-electron chi connectivity index (χ3n) is 3.24.